The van der Waals surface area contributed by atoms with Crippen LogP contribution in [0.2, 0.25) is 0 Å². The van der Waals surface area contributed by atoms with Gasteiger partial charge in [-0.1, -0.05) is 44.2 Å². The highest BCUT2D eigenvalue weighted by molar-refractivity contribution is 6.37. The number of hydrogen-bond donors (Lipinski definition) is 2. The summed E-state index contributed by atoms with van der Waals surface area (Å²) in [5.74, 6) is -6.88. The largest absolute Gasteiger partial charge is 0.461 e. The van der Waals surface area contributed by atoms with Crippen molar-refractivity contribution in [2.75, 3.05) is 6.54 Å². The summed E-state index contributed by atoms with van der Waals surface area (Å²) in [6, 6.07) is 6.87. The first-order valence-electron chi connectivity index (χ1n) is 11.8. The van der Waals surface area contributed by atoms with Gasteiger partial charge in [0.1, 0.15) is 6.61 Å². The number of nitrogens with one attached hydrogen (secondary N) is 2. The first-order valence-corrected chi connectivity index (χ1v) is 11.8. The van der Waals surface area contributed by atoms with Crippen LogP contribution in [0.1, 0.15) is 51.5 Å². The molecule has 1 aromatic carbocycles. The number of ketones is 2. The fraction of sp³-hybridized carbons (Fsp3) is 0.560. The van der Waals surface area contributed by atoms with Crippen molar-refractivity contribution in [3.05, 3.63) is 35.9 Å². The molecule has 1 aromatic rings. The Bertz CT molecular complexity index is 949. The van der Waals surface area contributed by atoms with E-state index in [2.05, 4.69) is 10.6 Å². The molecule has 3 unspecified atom stereocenters. The van der Waals surface area contributed by atoms with Crippen LogP contribution < -0.4 is 10.6 Å². The van der Waals surface area contributed by atoms with Crippen LogP contribution in [-0.4, -0.2) is 48.1 Å². The van der Waals surface area contributed by atoms with Crippen molar-refractivity contribution in [2.45, 2.75) is 64.8 Å². The van der Waals surface area contributed by atoms with E-state index in [-0.39, 0.29) is 26.0 Å². The zero-order valence-electron chi connectivity index (χ0n) is 20.2. The van der Waals surface area contributed by atoms with Gasteiger partial charge in [-0.25, -0.2) is 0 Å². The van der Waals surface area contributed by atoms with Crippen LogP contribution in [0.5, 0.6) is 0 Å². The monoisotopic (exact) mass is 512 g/mol. The van der Waals surface area contributed by atoms with E-state index in [1.54, 1.807) is 44.2 Å². The van der Waals surface area contributed by atoms with Crippen molar-refractivity contribution in [1.29, 1.82) is 0 Å². The maximum Gasteiger partial charge on any atom is 0.391 e. The first-order chi connectivity index (χ1) is 16.9. The standard InChI is InChI=1S/C25H31F3N2O6/c1-15(2)18(12-21(32)36-14-16-7-4-3-5-8-16)23(34)30-19(13-25(26,27)28)20(31)11-17-9-6-10-29-24(35)22(17)33/h3-5,7-8,15,17-19H,6,9-14H2,1-2H3,(H,29,35)(H,30,34). The maximum absolute atomic E-state index is 13.2. The number of benzene rings is 1. The molecule has 36 heavy (non-hydrogen) atoms. The van der Waals surface area contributed by atoms with Crippen molar-refractivity contribution in [3.63, 3.8) is 0 Å². The summed E-state index contributed by atoms with van der Waals surface area (Å²) >= 11 is 0. The Morgan fingerprint density at radius 2 is 1.81 bits per heavy atom. The average molecular weight is 513 g/mol. The number of rotatable bonds is 11. The summed E-state index contributed by atoms with van der Waals surface area (Å²) < 4.78 is 44.8. The van der Waals surface area contributed by atoms with Gasteiger partial charge in [0.2, 0.25) is 11.7 Å². The molecule has 0 spiro atoms. The van der Waals surface area contributed by atoms with E-state index in [0.29, 0.717) is 6.42 Å². The molecule has 1 heterocycles. The molecular weight excluding hydrogens is 481 g/mol. The summed E-state index contributed by atoms with van der Waals surface area (Å²) in [5.41, 5.74) is 0.731. The number of carbonyl (C=O) groups is 5. The molecule has 0 aliphatic carbocycles. The summed E-state index contributed by atoms with van der Waals surface area (Å²) in [6.07, 6.45) is -6.83. The van der Waals surface area contributed by atoms with E-state index in [1.165, 1.54) is 0 Å². The van der Waals surface area contributed by atoms with Gasteiger partial charge in [0.05, 0.1) is 24.8 Å². The fourth-order valence-corrected chi connectivity index (χ4v) is 3.90. The van der Waals surface area contributed by atoms with E-state index >= 15 is 0 Å². The first kappa shape index (κ1) is 29.0. The molecule has 1 fully saturated rings. The molecular formula is C25H31F3N2O6. The van der Waals surface area contributed by atoms with Crippen LogP contribution in [0.25, 0.3) is 0 Å². The summed E-state index contributed by atoms with van der Waals surface area (Å²) in [7, 11) is 0. The second-order valence-corrected chi connectivity index (χ2v) is 9.21. The number of Topliss-reactive ketones (excluding diaryl/α,β-unsaturated/α-hetero) is 2. The lowest BCUT2D eigenvalue weighted by atomic mass is 9.88. The Kier molecular flexibility index (Phi) is 10.6. The quantitative estimate of drug-likeness (QED) is 0.348. The Morgan fingerprint density at radius 3 is 2.42 bits per heavy atom. The molecule has 0 saturated carbocycles. The zero-order chi connectivity index (χ0) is 26.9. The number of halogens is 3. The van der Waals surface area contributed by atoms with Crippen molar-refractivity contribution >= 4 is 29.4 Å². The van der Waals surface area contributed by atoms with E-state index in [1.807, 2.05) is 0 Å². The molecule has 1 aliphatic heterocycles. The lowest BCUT2D eigenvalue weighted by molar-refractivity contribution is -0.154. The van der Waals surface area contributed by atoms with Crippen molar-refractivity contribution in [3.8, 4) is 0 Å². The number of carbonyl (C=O) groups excluding carboxylic acids is 5. The minimum atomic E-state index is -4.78. The molecule has 1 saturated heterocycles. The molecule has 0 bridgehead atoms. The van der Waals surface area contributed by atoms with Crippen molar-refractivity contribution < 1.29 is 41.9 Å². The molecule has 3 atom stereocenters. The highest BCUT2D eigenvalue weighted by Crippen LogP contribution is 2.26. The van der Waals surface area contributed by atoms with Gasteiger partial charge in [0, 0.05) is 18.9 Å². The topological polar surface area (TPSA) is 119 Å². The van der Waals surface area contributed by atoms with Gasteiger partial charge >= 0.3 is 12.1 Å². The lowest BCUT2D eigenvalue weighted by Crippen LogP contribution is -2.48. The predicted molar refractivity (Wildman–Crippen MR) is 122 cm³/mol. The van der Waals surface area contributed by atoms with Crippen molar-refractivity contribution in [1.82, 2.24) is 10.6 Å². The summed E-state index contributed by atoms with van der Waals surface area (Å²) in [6.45, 7) is 3.45. The minimum absolute atomic E-state index is 0.0235. The molecule has 2 rings (SSSR count). The fourth-order valence-electron chi connectivity index (χ4n) is 3.90. The van der Waals surface area contributed by atoms with E-state index < -0.39 is 72.2 Å². The number of hydrogen-bond acceptors (Lipinski definition) is 6. The lowest BCUT2D eigenvalue weighted by Gasteiger charge is -2.25. The van der Waals surface area contributed by atoms with Gasteiger partial charge in [0.25, 0.3) is 5.91 Å². The molecule has 2 amide bonds. The minimum Gasteiger partial charge on any atom is -0.461 e. The Labute approximate surface area is 207 Å². The van der Waals surface area contributed by atoms with Gasteiger partial charge in [0.15, 0.2) is 5.78 Å². The predicted octanol–water partition coefficient (Wildman–Crippen LogP) is 2.88. The molecule has 198 valence electrons. The van der Waals surface area contributed by atoms with Crippen LogP contribution in [-0.2, 0) is 35.3 Å². The Hall–Kier alpha value is -3.24. The zero-order valence-corrected chi connectivity index (χ0v) is 20.2. The number of amides is 2. The normalized spacial score (nSPS) is 18.1. The Morgan fingerprint density at radius 1 is 1.14 bits per heavy atom. The average Bonchev–Trinajstić information content (AvgIpc) is 2.96. The van der Waals surface area contributed by atoms with Gasteiger partial charge < -0.3 is 15.4 Å². The Balaban J connectivity index is 2.07. The van der Waals surface area contributed by atoms with Crippen LogP contribution in [0.4, 0.5) is 13.2 Å². The van der Waals surface area contributed by atoms with Crippen LogP contribution in [0.15, 0.2) is 30.3 Å². The van der Waals surface area contributed by atoms with E-state index in [4.69, 9.17) is 4.74 Å². The third kappa shape index (κ3) is 9.43. The molecule has 0 aromatic heterocycles. The van der Waals surface area contributed by atoms with E-state index in [9.17, 15) is 37.1 Å². The molecule has 0 radical (unpaired) electrons. The highest BCUT2D eigenvalue weighted by atomic mass is 19.4. The van der Waals surface area contributed by atoms with Crippen LogP contribution in [0, 0.1) is 17.8 Å². The summed E-state index contributed by atoms with van der Waals surface area (Å²) in [5, 5.41) is 4.51. The highest BCUT2D eigenvalue weighted by Gasteiger charge is 2.39. The molecule has 1 aliphatic rings. The third-order valence-corrected chi connectivity index (χ3v) is 5.97. The molecule has 2 N–H and O–H groups in total. The molecule has 8 nitrogen and oxygen atoms in total. The van der Waals surface area contributed by atoms with E-state index in [0.717, 1.165) is 5.56 Å². The van der Waals surface area contributed by atoms with Crippen LogP contribution >= 0.6 is 0 Å². The number of ether oxygens (including phenoxy) is 1. The maximum atomic E-state index is 13.2. The second kappa shape index (κ2) is 13.2. The second-order valence-electron chi connectivity index (χ2n) is 9.21. The smallest absolute Gasteiger partial charge is 0.391 e. The molecule has 11 heteroatoms. The van der Waals surface area contributed by atoms with Crippen LogP contribution in [0.3, 0.4) is 0 Å². The number of alkyl halides is 3. The SMILES string of the molecule is CC(C)C(CC(=O)OCc1ccccc1)C(=O)NC(CC(F)(F)F)C(=O)CC1CCCNC(=O)C1=O. The van der Waals surface area contributed by atoms with Gasteiger partial charge in [-0.05, 0) is 24.3 Å². The van der Waals surface area contributed by atoms with Gasteiger partial charge in [-0.2, -0.15) is 13.2 Å². The van der Waals surface area contributed by atoms with Crippen molar-refractivity contribution in [2.24, 2.45) is 17.8 Å². The van der Waals surface area contributed by atoms with Gasteiger partial charge in [-0.15, -0.1) is 0 Å². The number of esters is 1. The van der Waals surface area contributed by atoms with Gasteiger partial charge in [-0.3, -0.25) is 24.0 Å². The summed E-state index contributed by atoms with van der Waals surface area (Å²) in [4.78, 5) is 61.9. The third-order valence-electron chi connectivity index (χ3n) is 5.97.